The normalized spacial score (nSPS) is 10.3. The van der Waals surface area contributed by atoms with Gasteiger partial charge < -0.3 is 4.90 Å². The molecule has 104 valence electrons. The van der Waals surface area contributed by atoms with Gasteiger partial charge in [-0.05, 0) is 31.2 Å². The van der Waals surface area contributed by atoms with Gasteiger partial charge in [0, 0.05) is 18.8 Å². The fourth-order valence-electron chi connectivity index (χ4n) is 1.70. The van der Waals surface area contributed by atoms with E-state index in [4.69, 9.17) is 0 Å². The standard InChI is InChI=1S/C13H11FN2O3S/c1-8(17)12-7-11(16(18)19)13(20-12)15(2)10-5-3-9(14)4-6-10/h3-7H,1-2H3. The molecule has 0 radical (unpaired) electrons. The molecular weight excluding hydrogens is 283 g/mol. The highest BCUT2D eigenvalue weighted by atomic mass is 32.1. The van der Waals surface area contributed by atoms with E-state index in [-0.39, 0.29) is 17.3 Å². The molecule has 2 aromatic rings. The first kappa shape index (κ1) is 14.1. The summed E-state index contributed by atoms with van der Waals surface area (Å²) >= 11 is 1.04. The highest BCUT2D eigenvalue weighted by Crippen LogP contribution is 2.40. The van der Waals surface area contributed by atoms with Crippen LogP contribution in [-0.2, 0) is 0 Å². The summed E-state index contributed by atoms with van der Waals surface area (Å²) in [7, 11) is 1.63. The molecule has 1 aromatic heterocycles. The first-order chi connectivity index (χ1) is 9.40. The van der Waals surface area contributed by atoms with Crippen molar-refractivity contribution in [2.45, 2.75) is 6.92 Å². The van der Waals surface area contributed by atoms with Gasteiger partial charge in [-0.1, -0.05) is 0 Å². The minimum Gasteiger partial charge on any atom is -0.331 e. The fraction of sp³-hybridized carbons (Fsp3) is 0.154. The van der Waals surface area contributed by atoms with Gasteiger partial charge in [0.25, 0.3) is 0 Å². The Morgan fingerprint density at radius 2 is 1.95 bits per heavy atom. The molecule has 0 amide bonds. The summed E-state index contributed by atoms with van der Waals surface area (Å²) in [6.07, 6.45) is 0. The maximum atomic E-state index is 12.9. The second-order valence-electron chi connectivity index (χ2n) is 4.15. The van der Waals surface area contributed by atoms with E-state index in [0.29, 0.717) is 15.6 Å². The zero-order chi connectivity index (χ0) is 14.9. The molecule has 20 heavy (non-hydrogen) atoms. The van der Waals surface area contributed by atoms with Gasteiger partial charge in [0.05, 0.1) is 9.80 Å². The van der Waals surface area contributed by atoms with E-state index < -0.39 is 4.92 Å². The van der Waals surface area contributed by atoms with Crippen molar-refractivity contribution in [3.63, 3.8) is 0 Å². The summed E-state index contributed by atoms with van der Waals surface area (Å²) in [6.45, 7) is 1.36. The molecule has 0 atom stereocenters. The predicted molar refractivity (Wildman–Crippen MR) is 75.4 cm³/mol. The highest BCUT2D eigenvalue weighted by Gasteiger charge is 2.24. The van der Waals surface area contributed by atoms with Gasteiger partial charge in [0.1, 0.15) is 5.82 Å². The molecule has 0 unspecified atom stereocenters. The van der Waals surface area contributed by atoms with Crippen LogP contribution in [0.2, 0.25) is 0 Å². The largest absolute Gasteiger partial charge is 0.331 e. The SMILES string of the molecule is CC(=O)c1cc([N+](=O)[O-])c(N(C)c2ccc(F)cc2)s1. The van der Waals surface area contributed by atoms with Crippen molar-refractivity contribution in [2.75, 3.05) is 11.9 Å². The Balaban J connectivity index is 2.47. The Kier molecular flexibility index (Phi) is 3.80. The summed E-state index contributed by atoms with van der Waals surface area (Å²) in [5.41, 5.74) is 0.471. The fourth-order valence-corrected chi connectivity index (χ4v) is 2.70. The van der Waals surface area contributed by atoms with Gasteiger partial charge in [-0.25, -0.2) is 4.39 Å². The lowest BCUT2D eigenvalue weighted by molar-refractivity contribution is -0.383. The molecule has 0 spiro atoms. The third kappa shape index (κ3) is 2.67. The van der Waals surface area contributed by atoms with Crippen LogP contribution in [-0.4, -0.2) is 17.8 Å². The van der Waals surface area contributed by atoms with Crippen molar-refractivity contribution < 1.29 is 14.1 Å². The molecular formula is C13H11FN2O3S. The number of rotatable bonds is 4. The predicted octanol–water partition coefficient (Wildman–Crippen LogP) is 3.77. The number of nitrogens with zero attached hydrogens (tertiary/aromatic N) is 2. The van der Waals surface area contributed by atoms with E-state index in [1.54, 1.807) is 11.9 Å². The molecule has 0 saturated carbocycles. The Hall–Kier alpha value is -2.28. The molecule has 0 fully saturated rings. The summed E-state index contributed by atoms with van der Waals surface area (Å²) in [5, 5.41) is 11.4. The van der Waals surface area contributed by atoms with Gasteiger partial charge in [0.15, 0.2) is 10.8 Å². The Labute approximate surface area is 118 Å². The third-order valence-corrected chi connectivity index (χ3v) is 4.06. The number of carbonyl (C=O) groups excluding carboxylic acids is 1. The molecule has 1 heterocycles. The second-order valence-corrected chi connectivity index (χ2v) is 5.18. The smallest absolute Gasteiger partial charge is 0.304 e. The quantitative estimate of drug-likeness (QED) is 0.489. The summed E-state index contributed by atoms with van der Waals surface area (Å²) in [5.74, 6) is -0.607. The topological polar surface area (TPSA) is 63.4 Å². The second kappa shape index (κ2) is 5.38. The lowest BCUT2D eigenvalue weighted by Crippen LogP contribution is -2.09. The number of halogens is 1. The van der Waals surface area contributed by atoms with Crippen molar-refractivity contribution in [2.24, 2.45) is 0 Å². The number of Topliss-reactive ketones (excluding diaryl/α,β-unsaturated/α-hetero) is 1. The summed E-state index contributed by atoms with van der Waals surface area (Å²) < 4.78 is 12.9. The Morgan fingerprint density at radius 1 is 1.35 bits per heavy atom. The molecule has 0 N–H and O–H groups in total. The summed E-state index contributed by atoms with van der Waals surface area (Å²) in [6, 6.07) is 6.86. The van der Waals surface area contributed by atoms with Crippen LogP contribution >= 0.6 is 11.3 Å². The van der Waals surface area contributed by atoms with Crippen molar-refractivity contribution >= 4 is 33.5 Å². The monoisotopic (exact) mass is 294 g/mol. The van der Waals surface area contributed by atoms with Gasteiger partial charge >= 0.3 is 5.69 Å². The zero-order valence-corrected chi connectivity index (χ0v) is 11.6. The average molecular weight is 294 g/mol. The molecule has 7 heteroatoms. The van der Waals surface area contributed by atoms with Gasteiger partial charge in [0.2, 0.25) is 0 Å². The van der Waals surface area contributed by atoms with Crippen LogP contribution in [0, 0.1) is 15.9 Å². The van der Waals surface area contributed by atoms with Crippen molar-refractivity contribution in [3.05, 3.63) is 51.1 Å². The lowest BCUT2D eigenvalue weighted by atomic mass is 10.3. The minimum atomic E-state index is -0.529. The number of ketones is 1. The Bertz CT molecular complexity index is 667. The van der Waals surface area contributed by atoms with Gasteiger partial charge in [-0.3, -0.25) is 14.9 Å². The lowest BCUT2D eigenvalue weighted by Gasteiger charge is -2.16. The zero-order valence-electron chi connectivity index (χ0n) is 10.8. The van der Waals surface area contributed by atoms with E-state index in [9.17, 15) is 19.3 Å². The molecule has 1 aromatic carbocycles. The first-order valence-corrected chi connectivity index (χ1v) is 6.50. The number of anilines is 2. The van der Waals surface area contributed by atoms with Crippen LogP contribution in [0.25, 0.3) is 0 Å². The number of nitro groups is 1. The highest BCUT2D eigenvalue weighted by molar-refractivity contribution is 7.18. The van der Waals surface area contributed by atoms with Crippen LogP contribution in [0.5, 0.6) is 0 Å². The van der Waals surface area contributed by atoms with Crippen molar-refractivity contribution in [3.8, 4) is 0 Å². The molecule has 0 bridgehead atoms. The molecule has 2 rings (SSSR count). The molecule has 0 saturated heterocycles. The van der Waals surface area contributed by atoms with E-state index in [0.717, 1.165) is 11.3 Å². The molecule has 5 nitrogen and oxygen atoms in total. The van der Waals surface area contributed by atoms with E-state index in [2.05, 4.69) is 0 Å². The average Bonchev–Trinajstić information content (AvgIpc) is 2.84. The summed E-state index contributed by atoms with van der Waals surface area (Å²) in [4.78, 5) is 23.8. The molecule has 0 aliphatic carbocycles. The van der Waals surface area contributed by atoms with Gasteiger partial charge in [-0.15, -0.1) is 11.3 Å². The van der Waals surface area contributed by atoms with Gasteiger partial charge in [-0.2, -0.15) is 0 Å². The number of thiophene rings is 1. The van der Waals surface area contributed by atoms with E-state index in [1.807, 2.05) is 0 Å². The molecule has 0 aliphatic rings. The van der Waals surface area contributed by atoms with Crippen molar-refractivity contribution in [1.29, 1.82) is 0 Å². The van der Waals surface area contributed by atoms with Crippen LogP contribution in [0.3, 0.4) is 0 Å². The molecule has 0 aliphatic heterocycles. The number of carbonyl (C=O) groups is 1. The van der Waals surface area contributed by atoms with E-state index >= 15 is 0 Å². The number of hydrogen-bond donors (Lipinski definition) is 0. The maximum Gasteiger partial charge on any atom is 0.304 e. The van der Waals surface area contributed by atoms with Crippen LogP contribution < -0.4 is 4.90 Å². The Morgan fingerprint density at radius 3 is 2.45 bits per heavy atom. The number of hydrogen-bond acceptors (Lipinski definition) is 5. The maximum absolute atomic E-state index is 12.9. The van der Waals surface area contributed by atoms with Crippen LogP contribution in [0.4, 0.5) is 20.8 Å². The first-order valence-electron chi connectivity index (χ1n) is 5.68. The minimum absolute atomic E-state index is 0.132. The van der Waals surface area contributed by atoms with Crippen LogP contribution in [0.1, 0.15) is 16.6 Å². The van der Waals surface area contributed by atoms with E-state index in [1.165, 1.54) is 37.3 Å². The third-order valence-electron chi connectivity index (χ3n) is 2.76. The van der Waals surface area contributed by atoms with Crippen molar-refractivity contribution in [1.82, 2.24) is 0 Å². The number of benzene rings is 1. The van der Waals surface area contributed by atoms with Crippen LogP contribution in [0.15, 0.2) is 30.3 Å².